The smallest absolute Gasteiger partial charge is 0.142 e. The summed E-state index contributed by atoms with van der Waals surface area (Å²) in [4.78, 5) is 18.2. The van der Waals surface area contributed by atoms with E-state index in [9.17, 15) is 0 Å². The van der Waals surface area contributed by atoms with Crippen LogP contribution < -0.4 is 9.64 Å². The van der Waals surface area contributed by atoms with Gasteiger partial charge in [0.1, 0.15) is 29.6 Å². The number of hydrogen-bond acceptors (Lipinski definition) is 5. The number of H-pyrrole nitrogens is 1. The largest absolute Gasteiger partial charge is 0.489 e. The number of pyridine rings is 1. The first kappa shape index (κ1) is 14.3. The minimum Gasteiger partial charge on any atom is -0.489 e. The van der Waals surface area contributed by atoms with E-state index in [1.54, 1.807) is 24.8 Å². The Morgan fingerprint density at radius 1 is 1.22 bits per heavy atom. The number of anilines is 1. The molecular weight excluding hydrogens is 314 g/mol. The molecule has 4 heterocycles. The number of ether oxygens (including phenoxy) is 1. The molecule has 0 spiro atoms. The number of nitrogens with zero attached hydrogens (tertiary/aromatic N) is 4. The summed E-state index contributed by atoms with van der Waals surface area (Å²) in [7, 11) is 0. The van der Waals surface area contributed by atoms with Gasteiger partial charge >= 0.3 is 0 Å². The van der Waals surface area contributed by atoms with Gasteiger partial charge in [-0.15, -0.1) is 0 Å². The lowest BCUT2D eigenvalue weighted by molar-refractivity contribution is 0.170. The second-order valence-corrected chi connectivity index (χ2v) is 6.02. The second-order valence-electron chi connectivity index (χ2n) is 5.58. The maximum Gasteiger partial charge on any atom is 0.142 e. The molecular formula is C16H16ClN5O. The van der Waals surface area contributed by atoms with Crippen LogP contribution in [-0.4, -0.2) is 39.1 Å². The molecule has 1 aliphatic rings. The van der Waals surface area contributed by atoms with E-state index in [4.69, 9.17) is 16.3 Å². The standard InChI is InChI=1S/C16H16ClN5O/c17-11-7-13(9-18-8-11)23-12-2-5-22(6-3-12)16-14-1-4-19-15(14)20-10-21-16/h1,4,7-10,12H,2-3,5-6H2,(H,19,20,21). The van der Waals surface area contributed by atoms with Crippen LogP contribution in [-0.2, 0) is 0 Å². The van der Waals surface area contributed by atoms with Gasteiger partial charge in [0.15, 0.2) is 0 Å². The molecule has 1 N–H and O–H groups in total. The molecule has 0 saturated carbocycles. The van der Waals surface area contributed by atoms with Gasteiger partial charge in [-0.25, -0.2) is 9.97 Å². The van der Waals surface area contributed by atoms with Gasteiger partial charge in [-0.1, -0.05) is 11.6 Å². The third kappa shape index (κ3) is 2.94. The SMILES string of the molecule is Clc1cncc(OC2CCN(c3ncnc4[nH]ccc34)CC2)c1. The third-order valence-electron chi connectivity index (χ3n) is 4.06. The number of nitrogens with one attached hydrogen (secondary N) is 1. The summed E-state index contributed by atoms with van der Waals surface area (Å²) in [6, 6.07) is 3.82. The molecule has 0 unspecified atom stereocenters. The topological polar surface area (TPSA) is 66.9 Å². The number of piperidine rings is 1. The highest BCUT2D eigenvalue weighted by Crippen LogP contribution is 2.27. The average Bonchev–Trinajstić information content (AvgIpc) is 3.04. The maximum atomic E-state index is 5.98. The summed E-state index contributed by atoms with van der Waals surface area (Å²) >= 11 is 5.94. The van der Waals surface area contributed by atoms with Crippen LogP contribution in [0.25, 0.3) is 11.0 Å². The van der Waals surface area contributed by atoms with Crippen LogP contribution in [0.5, 0.6) is 5.75 Å². The number of fused-ring (bicyclic) bond motifs is 1. The van der Waals surface area contributed by atoms with E-state index < -0.39 is 0 Å². The quantitative estimate of drug-likeness (QED) is 0.800. The van der Waals surface area contributed by atoms with Crippen molar-refractivity contribution in [1.29, 1.82) is 0 Å². The highest BCUT2D eigenvalue weighted by molar-refractivity contribution is 6.30. The van der Waals surface area contributed by atoms with Crippen LogP contribution in [0.3, 0.4) is 0 Å². The van der Waals surface area contributed by atoms with E-state index in [1.807, 2.05) is 12.3 Å². The molecule has 1 saturated heterocycles. The Labute approximate surface area is 138 Å². The Balaban J connectivity index is 1.44. The van der Waals surface area contributed by atoms with Crippen molar-refractivity contribution in [2.75, 3.05) is 18.0 Å². The molecule has 0 aromatic carbocycles. The fourth-order valence-electron chi connectivity index (χ4n) is 2.95. The number of aromatic amines is 1. The molecule has 118 valence electrons. The zero-order valence-electron chi connectivity index (χ0n) is 12.4. The minimum absolute atomic E-state index is 0.176. The number of halogens is 1. The minimum atomic E-state index is 0.176. The van der Waals surface area contributed by atoms with Crippen LogP contribution in [0.2, 0.25) is 5.02 Å². The average molecular weight is 330 g/mol. The Morgan fingerprint density at radius 2 is 2.09 bits per heavy atom. The number of aromatic nitrogens is 4. The van der Waals surface area contributed by atoms with Gasteiger partial charge in [0.2, 0.25) is 0 Å². The summed E-state index contributed by atoms with van der Waals surface area (Å²) in [6.45, 7) is 1.80. The van der Waals surface area contributed by atoms with Crippen molar-refractivity contribution in [3.8, 4) is 5.75 Å². The van der Waals surface area contributed by atoms with Crippen molar-refractivity contribution in [2.45, 2.75) is 18.9 Å². The van der Waals surface area contributed by atoms with Crippen LogP contribution in [0.1, 0.15) is 12.8 Å². The lowest BCUT2D eigenvalue weighted by atomic mass is 10.1. The van der Waals surface area contributed by atoms with Gasteiger partial charge in [0.05, 0.1) is 16.6 Å². The molecule has 0 bridgehead atoms. The van der Waals surface area contributed by atoms with Crippen molar-refractivity contribution in [1.82, 2.24) is 19.9 Å². The summed E-state index contributed by atoms with van der Waals surface area (Å²) in [5.74, 6) is 1.71. The number of rotatable bonds is 3. The van der Waals surface area contributed by atoms with Gasteiger partial charge in [-0.2, -0.15) is 0 Å². The van der Waals surface area contributed by atoms with Crippen molar-refractivity contribution in [2.24, 2.45) is 0 Å². The molecule has 0 atom stereocenters. The molecule has 0 radical (unpaired) electrons. The molecule has 3 aromatic heterocycles. The molecule has 4 rings (SSSR count). The molecule has 7 heteroatoms. The van der Waals surface area contributed by atoms with E-state index >= 15 is 0 Å². The molecule has 0 amide bonds. The van der Waals surface area contributed by atoms with Crippen LogP contribution >= 0.6 is 11.6 Å². The first-order valence-corrected chi connectivity index (χ1v) is 7.97. The van der Waals surface area contributed by atoms with Crippen molar-refractivity contribution in [3.63, 3.8) is 0 Å². The molecule has 1 aliphatic heterocycles. The highest BCUT2D eigenvalue weighted by Gasteiger charge is 2.23. The molecule has 6 nitrogen and oxygen atoms in total. The van der Waals surface area contributed by atoms with Crippen molar-refractivity contribution < 1.29 is 4.74 Å². The van der Waals surface area contributed by atoms with E-state index in [1.165, 1.54) is 0 Å². The zero-order valence-corrected chi connectivity index (χ0v) is 13.2. The van der Waals surface area contributed by atoms with Gasteiger partial charge in [-0.3, -0.25) is 4.98 Å². The summed E-state index contributed by atoms with van der Waals surface area (Å²) in [6.07, 6.45) is 8.85. The first-order chi connectivity index (χ1) is 11.3. The third-order valence-corrected chi connectivity index (χ3v) is 4.26. The zero-order chi connectivity index (χ0) is 15.6. The van der Waals surface area contributed by atoms with Crippen LogP contribution in [0, 0.1) is 0 Å². The van der Waals surface area contributed by atoms with Crippen molar-refractivity contribution >= 4 is 28.5 Å². The van der Waals surface area contributed by atoms with Crippen LogP contribution in [0.15, 0.2) is 37.1 Å². The normalized spacial score (nSPS) is 16.0. The predicted octanol–water partition coefficient (Wildman–Crippen LogP) is 3.05. The Kier molecular flexibility index (Phi) is 3.75. The van der Waals surface area contributed by atoms with Crippen LogP contribution in [0.4, 0.5) is 5.82 Å². The molecule has 23 heavy (non-hydrogen) atoms. The fraction of sp³-hybridized carbons (Fsp3) is 0.312. The molecule has 3 aromatic rings. The number of hydrogen-bond donors (Lipinski definition) is 1. The highest BCUT2D eigenvalue weighted by atomic mass is 35.5. The van der Waals surface area contributed by atoms with E-state index in [0.29, 0.717) is 5.02 Å². The Morgan fingerprint density at radius 3 is 2.91 bits per heavy atom. The van der Waals surface area contributed by atoms with E-state index in [0.717, 1.165) is 48.5 Å². The van der Waals surface area contributed by atoms with Crippen molar-refractivity contribution in [3.05, 3.63) is 42.1 Å². The lowest BCUT2D eigenvalue weighted by Crippen LogP contribution is -2.38. The fourth-order valence-corrected chi connectivity index (χ4v) is 3.11. The molecule has 1 fully saturated rings. The maximum absolute atomic E-state index is 5.98. The second kappa shape index (κ2) is 6.04. The predicted molar refractivity (Wildman–Crippen MR) is 89.0 cm³/mol. The summed E-state index contributed by atoms with van der Waals surface area (Å²) in [5.41, 5.74) is 0.873. The Bertz CT molecular complexity index is 813. The monoisotopic (exact) mass is 329 g/mol. The van der Waals surface area contributed by atoms with E-state index in [2.05, 4.69) is 24.8 Å². The lowest BCUT2D eigenvalue weighted by Gasteiger charge is -2.33. The van der Waals surface area contributed by atoms with Gasteiger partial charge in [0.25, 0.3) is 0 Å². The first-order valence-electron chi connectivity index (χ1n) is 7.60. The molecule has 0 aliphatic carbocycles. The van der Waals surface area contributed by atoms with E-state index in [-0.39, 0.29) is 6.10 Å². The Hall–Kier alpha value is -2.34. The summed E-state index contributed by atoms with van der Waals surface area (Å²) < 4.78 is 5.98. The van der Waals surface area contributed by atoms with Gasteiger partial charge in [-0.05, 0) is 6.07 Å². The van der Waals surface area contributed by atoms with Gasteiger partial charge < -0.3 is 14.6 Å². The summed E-state index contributed by atoms with van der Waals surface area (Å²) in [5, 5.41) is 1.65. The van der Waals surface area contributed by atoms with Gasteiger partial charge in [0, 0.05) is 44.4 Å².